The molecule has 0 saturated carbocycles. The van der Waals surface area contributed by atoms with Crippen LogP contribution in [0.15, 0.2) is 0 Å². The Bertz CT molecular complexity index is 314. The molecule has 1 aliphatic heterocycles. The highest BCUT2D eigenvalue weighted by atomic mass is 16.4. The Labute approximate surface area is 114 Å². The van der Waals surface area contributed by atoms with Gasteiger partial charge in [-0.3, -0.25) is 14.5 Å². The monoisotopic (exact) mass is 271 g/mol. The normalized spacial score (nSPS) is 20.1. The first kappa shape index (κ1) is 15.9. The minimum atomic E-state index is -0.780. The molecule has 0 aromatic heterocycles. The SMILES string of the molecule is CCC(C)C(N)C(=O)N1CCN(CCC(=O)O)CC1. The minimum absolute atomic E-state index is 0.0206. The molecule has 6 heteroatoms. The second-order valence-electron chi connectivity index (χ2n) is 5.22. The molecule has 2 unspecified atom stereocenters. The molecule has 0 aromatic rings. The van der Waals surface area contributed by atoms with E-state index in [1.165, 1.54) is 0 Å². The first-order chi connectivity index (χ1) is 8.95. The summed E-state index contributed by atoms with van der Waals surface area (Å²) in [5.74, 6) is -0.568. The van der Waals surface area contributed by atoms with Crippen molar-refractivity contribution >= 4 is 11.9 Å². The van der Waals surface area contributed by atoms with Gasteiger partial charge in [0.2, 0.25) is 5.91 Å². The first-order valence-electron chi connectivity index (χ1n) is 6.94. The maximum atomic E-state index is 12.2. The average molecular weight is 271 g/mol. The molecule has 0 aliphatic carbocycles. The Morgan fingerprint density at radius 2 is 1.84 bits per heavy atom. The zero-order valence-corrected chi connectivity index (χ0v) is 11.8. The maximum Gasteiger partial charge on any atom is 0.304 e. The average Bonchev–Trinajstić information content (AvgIpc) is 2.43. The number of carboxylic acids is 1. The lowest BCUT2D eigenvalue weighted by atomic mass is 9.98. The summed E-state index contributed by atoms with van der Waals surface area (Å²) in [6.45, 7) is 7.31. The number of rotatable bonds is 6. The van der Waals surface area contributed by atoms with E-state index in [1.807, 2.05) is 13.8 Å². The number of piperazine rings is 1. The largest absolute Gasteiger partial charge is 0.481 e. The molecule has 19 heavy (non-hydrogen) atoms. The first-order valence-corrected chi connectivity index (χ1v) is 6.94. The molecule has 1 saturated heterocycles. The van der Waals surface area contributed by atoms with E-state index in [9.17, 15) is 9.59 Å². The summed E-state index contributed by atoms with van der Waals surface area (Å²) >= 11 is 0. The van der Waals surface area contributed by atoms with E-state index in [0.29, 0.717) is 19.6 Å². The molecule has 0 aromatic carbocycles. The Kier molecular flexibility index (Phi) is 6.24. The van der Waals surface area contributed by atoms with Gasteiger partial charge < -0.3 is 15.7 Å². The zero-order chi connectivity index (χ0) is 14.4. The number of carboxylic acid groups (broad SMARTS) is 1. The van der Waals surface area contributed by atoms with Crippen molar-refractivity contribution in [1.29, 1.82) is 0 Å². The van der Waals surface area contributed by atoms with Crippen LogP contribution in [0.5, 0.6) is 0 Å². The molecule has 0 radical (unpaired) electrons. The van der Waals surface area contributed by atoms with Crippen molar-refractivity contribution in [3.63, 3.8) is 0 Å². The van der Waals surface area contributed by atoms with Crippen molar-refractivity contribution in [2.45, 2.75) is 32.7 Å². The van der Waals surface area contributed by atoms with Crippen molar-refractivity contribution in [2.24, 2.45) is 11.7 Å². The molecular weight excluding hydrogens is 246 g/mol. The molecule has 0 spiro atoms. The lowest BCUT2D eigenvalue weighted by Gasteiger charge is -2.36. The van der Waals surface area contributed by atoms with Crippen LogP contribution in [0.25, 0.3) is 0 Å². The zero-order valence-electron chi connectivity index (χ0n) is 11.8. The van der Waals surface area contributed by atoms with Crippen LogP contribution in [0.1, 0.15) is 26.7 Å². The van der Waals surface area contributed by atoms with Gasteiger partial charge >= 0.3 is 5.97 Å². The fraction of sp³-hybridized carbons (Fsp3) is 0.846. The lowest BCUT2D eigenvalue weighted by molar-refractivity contribution is -0.139. The molecule has 1 aliphatic rings. The smallest absolute Gasteiger partial charge is 0.304 e. The second kappa shape index (κ2) is 7.45. The Hall–Kier alpha value is -1.14. The molecule has 1 heterocycles. The van der Waals surface area contributed by atoms with Gasteiger partial charge in [0.1, 0.15) is 0 Å². The number of nitrogens with zero attached hydrogens (tertiary/aromatic N) is 2. The molecule has 2 atom stereocenters. The highest BCUT2D eigenvalue weighted by molar-refractivity contribution is 5.82. The highest BCUT2D eigenvalue weighted by Crippen LogP contribution is 2.11. The summed E-state index contributed by atoms with van der Waals surface area (Å²) < 4.78 is 0. The van der Waals surface area contributed by atoms with E-state index in [-0.39, 0.29) is 18.2 Å². The van der Waals surface area contributed by atoms with Gasteiger partial charge in [-0.15, -0.1) is 0 Å². The van der Waals surface area contributed by atoms with Gasteiger partial charge in [0, 0.05) is 32.7 Å². The summed E-state index contributed by atoms with van der Waals surface area (Å²) in [4.78, 5) is 26.5. The summed E-state index contributed by atoms with van der Waals surface area (Å²) in [6, 6.07) is -0.421. The van der Waals surface area contributed by atoms with Crippen LogP contribution in [0.4, 0.5) is 0 Å². The third kappa shape index (κ3) is 4.80. The standard InChI is InChI=1S/C13H25N3O3/c1-3-10(2)12(14)13(19)16-8-6-15(7-9-16)5-4-11(17)18/h10,12H,3-9,14H2,1-2H3,(H,17,18). The Morgan fingerprint density at radius 1 is 1.26 bits per heavy atom. The quantitative estimate of drug-likeness (QED) is 0.709. The number of amides is 1. The molecular formula is C13H25N3O3. The van der Waals surface area contributed by atoms with E-state index in [4.69, 9.17) is 10.8 Å². The van der Waals surface area contributed by atoms with E-state index >= 15 is 0 Å². The molecule has 1 amide bonds. The maximum absolute atomic E-state index is 12.2. The van der Waals surface area contributed by atoms with Crippen LogP contribution in [0, 0.1) is 5.92 Å². The van der Waals surface area contributed by atoms with Crippen molar-refractivity contribution < 1.29 is 14.7 Å². The summed E-state index contributed by atoms with van der Waals surface area (Å²) in [6.07, 6.45) is 1.05. The van der Waals surface area contributed by atoms with E-state index in [0.717, 1.165) is 19.5 Å². The molecule has 3 N–H and O–H groups in total. The van der Waals surface area contributed by atoms with Crippen molar-refractivity contribution in [1.82, 2.24) is 9.80 Å². The second-order valence-corrected chi connectivity index (χ2v) is 5.22. The van der Waals surface area contributed by atoms with E-state index in [1.54, 1.807) is 4.90 Å². The molecule has 0 bridgehead atoms. The number of hydrogen-bond acceptors (Lipinski definition) is 4. The van der Waals surface area contributed by atoms with Crippen LogP contribution in [-0.4, -0.2) is 65.5 Å². The predicted molar refractivity (Wildman–Crippen MR) is 72.7 cm³/mol. The van der Waals surface area contributed by atoms with Gasteiger partial charge in [-0.25, -0.2) is 0 Å². The minimum Gasteiger partial charge on any atom is -0.481 e. The fourth-order valence-electron chi connectivity index (χ4n) is 2.15. The topological polar surface area (TPSA) is 86.9 Å². The fourth-order valence-corrected chi connectivity index (χ4v) is 2.15. The van der Waals surface area contributed by atoms with Crippen molar-refractivity contribution in [3.05, 3.63) is 0 Å². The van der Waals surface area contributed by atoms with E-state index in [2.05, 4.69) is 4.90 Å². The predicted octanol–water partition coefficient (Wildman–Crippen LogP) is -0.0213. The van der Waals surface area contributed by atoms with Crippen LogP contribution in [0.2, 0.25) is 0 Å². The number of aliphatic carboxylic acids is 1. The number of carbonyl (C=O) groups is 2. The number of carbonyl (C=O) groups excluding carboxylic acids is 1. The number of nitrogens with two attached hydrogens (primary N) is 1. The van der Waals surface area contributed by atoms with Crippen molar-refractivity contribution in [2.75, 3.05) is 32.7 Å². The van der Waals surface area contributed by atoms with Crippen LogP contribution in [-0.2, 0) is 9.59 Å². The molecule has 1 fully saturated rings. The molecule has 110 valence electrons. The third-order valence-corrected chi connectivity index (χ3v) is 3.87. The van der Waals surface area contributed by atoms with Crippen molar-refractivity contribution in [3.8, 4) is 0 Å². The van der Waals surface area contributed by atoms with Gasteiger partial charge in [-0.2, -0.15) is 0 Å². The molecule has 1 rings (SSSR count). The van der Waals surface area contributed by atoms with Gasteiger partial charge in [0.15, 0.2) is 0 Å². The lowest BCUT2D eigenvalue weighted by Crippen LogP contribution is -2.54. The van der Waals surface area contributed by atoms with Crippen LogP contribution in [0.3, 0.4) is 0 Å². The Morgan fingerprint density at radius 3 is 2.32 bits per heavy atom. The molecule has 6 nitrogen and oxygen atoms in total. The van der Waals surface area contributed by atoms with Gasteiger partial charge in [0.25, 0.3) is 0 Å². The third-order valence-electron chi connectivity index (χ3n) is 3.87. The highest BCUT2D eigenvalue weighted by Gasteiger charge is 2.27. The summed E-state index contributed by atoms with van der Waals surface area (Å²) in [7, 11) is 0. The van der Waals surface area contributed by atoms with Gasteiger partial charge in [-0.05, 0) is 5.92 Å². The Balaban J connectivity index is 2.36. The number of hydrogen-bond donors (Lipinski definition) is 2. The van der Waals surface area contributed by atoms with Gasteiger partial charge in [0.05, 0.1) is 12.5 Å². The van der Waals surface area contributed by atoms with Crippen LogP contribution >= 0.6 is 0 Å². The summed E-state index contributed by atoms with van der Waals surface area (Å²) in [5.41, 5.74) is 5.95. The van der Waals surface area contributed by atoms with E-state index < -0.39 is 12.0 Å². The van der Waals surface area contributed by atoms with Crippen LogP contribution < -0.4 is 5.73 Å². The summed E-state index contributed by atoms with van der Waals surface area (Å²) in [5, 5.41) is 8.64. The van der Waals surface area contributed by atoms with Gasteiger partial charge in [-0.1, -0.05) is 20.3 Å².